The largest absolute Gasteiger partial charge is 0.495 e. The summed E-state index contributed by atoms with van der Waals surface area (Å²) in [6.07, 6.45) is -3.35. The van der Waals surface area contributed by atoms with Crippen molar-refractivity contribution >= 4 is 11.6 Å². The van der Waals surface area contributed by atoms with Crippen molar-refractivity contribution in [2.45, 2.75) is 31.5 Å². The number of alkyl halides is 3. The third kappa shape index (κ3) is 3.22. The molecule has 7 heteroatoms. The monoisotopic (exact) mass is 342 g/mol. The third-order valence-electron chi connectivity index (χ3n) is 4.99. The van der Waals surface area contributed by atoms with E-state index >= 15 is 0 Å². The van der Waals surface area contributed by atoms with Gasteiger partial charge < -0.3 is 9.64 Å². The number of nitrogens with zero attached hydrogens (tertiary/aromatic N) is 2. The number of rotatable bonds is 3. The third-order valence-corrected chi connectivity index (χ3v) is 4.99. The molecule has 1 atom stereocenters. The summed E-state index contributed by atoms with van der Waals surface area (Å²) in [6.45, 7) is 1.20. The number of amides is 1. The van der Waals surface area contributed by atoms with Crippen LogP contribution in [0.25, 0.3) is 0 Å². The van der Waals surface area contributed by atoms with E-state index in [1.54, 1.807) is 18.1 Å². The van der Waals surface area contributed by atoms with Crippen LogP contribution in [0.4, 0.5) is 18.9 Å². The quantitative estimate of drug-likeness (QED) is 0.846. The van der Waals surface area contributed by atoms with Crippen LogP contribution >= 0.6 is 0 Å². The van der Waals surface area contributed by atoms with Crippen LogP contribution in [0.3, 0.4) is 0 Å². The smallest absolute Gasteiger partial charge is 0.391 e. The molecule has 0 aliphatic carbocycles. The van der Waals surface area contributed by atoms with Gasteiger partial charge in [-0.25, -0.2) is 0 Å². The van der Waals surface area contributed by atoms with Gasteiger partial charge in [-0.05, 0) is 44.5 Å². The van der Waals surface area contributed by atoms with E-state index in [9.17, 15) is 18.0 Å². The van der Waals surface area contributed by atoms with E-state index in [1.807, 2.05) is 23.1 Å². The van der Waals surface area contributed by atoms with Crippen molar-refractivity contribution in [3.63, 3.8) is 0 Å². The van der Waals surface area contributed by atoms with E-state index in [0.717, 1.165) is 5.69 Å². The molecule has 2 saturated heterocycles. The molecule has 0 bridgehead atoms. The molecular weight excluding hydrogens is 321 g/mol. The van der Waals surface area contributed by atoms with Crippen LogP contribution in [0.2, 0.25) is 0 Å². The second-order valence-electron chi connectivity index (χ2n) is 6.32. The molecular formula is C17H21F3N2O2. The van der Waals surface area contributed by atoms with Crippen LogP contribution in [0, 0.1) is 5.92 Å². The standard InChI is InChI=1S/C17H21F3N2O2/c1-24-15-5-3-2-4-13(15)22-11-8-14(16(22)23)21-9-6-12(7-10-21)17(18,19)20/h2-5,12,14H,6-11H2,1H3. The topological polar surface area (TPSA) is 32.8 Å². The van der Waals surface area contributed by atoms with Gasteiger partial charge >= 0.3 is 6.18 Å². The lowest BCUT2D eigenvalue weighted by atomic mass is 9.95. The second kappa shape index (κ2) is 6.63. The van der Waals surface area contributed by atoms with Gasteiger partial charge in [0.25, 0.3) is 0 Å². The molecule has 0 N–H and O–H groups in total. The molecule has 132 valence electrons. The van der Waals surface area contributed by atoms with Crippen molar-refractivity contribution in [1.82, 2.24) is 4.90 Å². The summed E-state index contributed by atoms with van der Waals surface area (Å²) < 4.78 is 43.7. The Morgan fingerprint density at radius 2 is 1.75 bits per heavy atom. The number of benzene rings is 1. The number of ether oxygens (including phenoxy) is 1. The number of likely N-dealkylation sites (tertiary alicyclic amines) is 1. The van der Waals surface area contributed by atoms with Crippen LogP contribution in [-0.2, 0) is 4.79 Å². The molecule has 1 aromatic carbocycles. The maximum absolute atomic E-state index is 12.8. The molecule has 3 rings (SSSR count). The Morgan fingerprint density at radius 3 is 2.38 bits per heavy atom. The first kappa shape index (κ1) is 17.1. The van der Waals surface area contributed by atoms with Crippen molar-refractivity contribution in [3.05, 3.63) is 24.3 Å². The van der Waals surface area contributed by atoms with E-state index in [-0.39, 0.29) is 24.8 Å². The summed E-state index contributed by atoms with van der Waals surface area (Å²) in [4.78, 5) is 16.3. The van der Waals surface area contributed by atoms with Gasteiger partial charge in [0.2, 0.25) is 5.91 Å². The summed E-state index contributed by atoms with van der Waals surface area (Å²) in [7, 11) is 1.55. The maximum Gasteiger partial charge on any atom is 0.391 e. The minimum atomic E-state index is -4.13. The van der Waals surface area contributed by atoms with E-state index in [0.29, 0.717) is 31.8 Å². The summed E-state index contributed by atoms with van der Waals surface area (Å²) in [6, 6.07) is 6.97. The summed E-state index contributed by atoms with van der Waals surface area (Å²) in [5.74, 6) is -0.664. The number of para-hydroxylation sites is 2. The summed E-state index contributed by atoms with van der Waals surface area (Å²) in [5.41, 5.74) is 0.720. The van der Waals surface area contributed by atoms with Crippen molar-refractivity contribution in [3.8, 4) is 5.75 Å². The van der Waals surface area contributed by atoms with Crippen molar-refractivity contribution in [2.75, 3.05) is 31.6 Å². The fourth-order valence-electron chi connectivity index (χ4n) is 3.63. The highest BCUT2D eigenvalue weighted by Crippen LogP contribution is 2.37. The first-order chi connectivity index (χ1) is 11.4. The molecule has 0 radical (unpaired) electrons. The van der Waals surface area contributed by atoms with E-state index in [4.69, 9.17) is 4.74 Å². The number of carbonyl (C=O) groups is 1. The molecule has 0 aromatic heterocycles. The Labute approximate surface area is 139 Å². The highest BCUT2D eigenvalue weighted by atomic mass is 19.4. The predicted octanol–water partition coefficient (Wildman–Crippen LogP) is 3.07. The Balaban J connectivity index is 1.67. The van der Waals surface area contributed by atoms with Gasteiger partial charge in [-0.1, -0.05) is 12.1 Å². The van der Waals surface area contributed by atoms with Gasteiger partial charge in [0.1, 0.15) is 5.75 Å². The van der Waals surface area contributed by atoms with Gasteiger partial charge in [-0.2, -0.15) is 13.2 Å². The molecule has 2 fully saturated rings. The molecule has 1 unspecified atom stereocenters. The number of anilines is 1. The van der Waals surface area contributed by atoms with Gasteiger partial charge in [0.15, 0.2) is 0 Å². The van der Waals surface area contributed by atoms with Gasteiger partial charge in [-0.3, -0.25) is 9.69 Å². The van der Waals surface area contributed by atoms with Crippen LogP contribution in [0.1, 0.15) is 19.3 Å². The zero-order chi connectivity index (χ0) is 17.3. The Kier molecular flexibility index (Phi) is 4.71. The fraction of sp³-hybridized carbons (Fsp3) is 0.588. The molecule has 2 heterocycles. The molecule has 1 amide bonds. The first-order valence-corrected chi connectivity index (χ1v) is 8.17. The molecule has 0 spiro atoms. The van der Waals surface area contributed by atoms with Crippen LogP contribution in [0.5, 0.6) is 5.75 Å². The number of carbonyl (C=O) groups excluding carboxylic acids is 1. The fourth-order valence-corrected chi connectivity index (χ4v) is 3.63. The maximum atomic E-state index is 12.8. The summed E-state index contributed by atoms with van der Waals surface area (Å²) >= 11 is 0. The van der Waals surface area contributed by atoms with Crippen LogP contribution in [-0.4, -0.2) is 49.8 Å². The number of hydrogen-bond donors (Lipinski definition) is 0. The Bertz CT molecular complexity index is 598. The van der Waals surface area contributed by atoms with E-state index in [2.05, 4.69) is 0 Å². The highest BCUT2D eigenvalue weighted by molar-refractivity contribution is 6.00. The molecule has 2 aliphatic heterocycles. The lowest BCUT2D eigenvalue weighted by Crippen LogP contribution is -2.47. The Hall–Kier alpha value is -1.76. The van der Waals surface area contributed by atoms with Gasteiger partial charge in [-0.15, -0.1) is 0 Å². The zero-order valence-electron chi connectivity index (χ0n) is 13.6. The molecule has 1 aromatic rings. The average molecular weight is 342 g/mol. The lowest BCUT2D eigenvalue weighted by Gasteiger charge is -2.35. The number of hydrogen-bond acceptors (Lipinski definition) is 3. The molecule has 4 nitrogen and oxygen atoms in total. The van der Waals surface area contributed by atoms with Crippen molar-refractivity contribution in [2.24, 2.45) is 5.92 Å². The molecule has 2 aliphatic rings. The average Bonchev–Trinajstić information content (AvgIpc) is 2.95. The lowest BCUT2D eigenvalue weighted by molar-refractivity contribution is -0.186. The van der Waals surface area contributed by atoms with E-state index < -0.39 is 12.1 Å². The number of methoxy groups -OCH3 is 1. The SMILES string of the molecule is COc1ccccc1N1CCC(N2CCC(C(F)(F)F)CC2)C1=O. The highest BCUT2D eigenvalue weighted by Gasteiger charge is 2.44. The minimum absolute atomic E-state index is 0.0510. The van der Waals surface area contributed by atoms with Crippen molar-refractivity contribution < 1.29 is 22.7 Å². The predicted molar refractivity (Wildman–Crippen MR) is 84.1 cm³/mol. The normalized spacial score (nSPS) is 23.8. The van der Waals surface area contributed by atoms with E-state index in [1.165, 1.54) is 0 Å². The van der Waals surface area contributed by atoms with Crippen molar-refractivity contribution in [1.29, 1.82) is 0 Å². The Morgan fingerprint density at radius 1 is 1.08 bits per heavy atom. The van der Waals surface area contributed by atoms with Gasteiger partial charge in [0, 0.05) is 6.54 Å². The van der Waals surface area contributed by atoms with Gasteiger partial charge in [0.05, 0.1) is 24.8 Å². The first-order valence-electron chi connectivity index (χ1n) is 8.17. The van der Waals surface area contributed by atoms with Crippen LogP contribution in [0.15, 0.2) is 24.3 Å². The minimum Gasteiger partial charge on any atom is -0.495 e. The number of piperidine rings is 1. The number of halogens is 3. The van der Waals surface area contributed by atoms with Crippen LogP contribution < -0.4 is 9.64 Å². The zero-order valence-corrected chi connectivity index (χ0v) is 13.6. The summed E-state index contributed by atoms with van der Waals surface area (Å²) in [5, 5.41) is 0. The second-order valence-corrected chi connectivity index (χ2v) is 6.32. The molecule has 0 saturated carbocycles. The molecule has 24 heavy (non-hydrogen) atoms.